The average molecular weight is 251 g/mol. The van der Waals surface area contributed by atoms with Gasteiger partial charge in [-0.05, 0) is 49.5 Å². The quantitative estimate of drug-likeness (QED) is 0.774. The number of halogens is 1. The molecule has 0 aliphatic rings. The third-order valence-electron chi connectivity index (χ3n) is 2.99. The van der Waals surface area contributed by atoms with E-state index in [1.165, 1.54) is 23.7 Å². The fourth-order valence-electron chi connectivity index (χ4n) is 2.06. The Morgan fingerprint density at radius 3 is 2.94 bits per heavy atom. The van der Waals surface area contributed by atoms with E-state index in [0.717, 1.165) is 24.7 Å². The van der Waals surface area contributed by atoms with Crippen LogP contribution in [0.3, 0.4) is 0 Å². The number of aryl methyl sites for hydroxylation is 1. The second kappa shape index (κ2) is 6.08. The lowest BCUT2D eigenvalue weighted by Crippen LogP contribution is -2.14. The van der Waals surface area contributed by atoms with Crippen molar-refractivity contribution in [1.29, 1.82) is 0 Å². The molecule has 0 aliphatic carbocycles. The highest BCUT2D eigenvalue weighted by atomic mass is 35.5. The van der Waals surface area contributed by atoms with Crippen molar-refractivity contribution in [3.8, 4) is 0 Å². The second-order valence-corrected chi connectivity index (χ2v) is 4.71. The van der Waals surface area contributed by atoms with Crippen LogP contribution in [0.15, 0.2) is 30.5 Å². The zero-order valence-corrected chi connectivity index (χ0v) is 11.0. The first kappa shape index (κ1) is 12.5. The molecule has 1 aromatic heterocycles. The van der Waals surface area contributed by atoms with E-state index in [0.29, 0.717) is 0 Å². The normalized spacial score (nSPS) is 11.2. The Hall–Kier alpha value is -0.990. The number of benzene rings is 1. The maximum absolute atomic E-state index is 6.03. The summed E-state index contributed by atoms with van der Waals surface area (Å²) in [5.41, 5.74) is 1.24. The molecule has 1 heterocycles. The topological polar surface area (TPSA) is 17.0 Å². The van der Waals surface area contributed by atoms with Gasteiger partial charge < -0.3 is 9.88 Å². The fourth-order valence-corrected chi connectivity index (χ4v) is 2.23. The Kier molecular flexibility index (Phi) is 4.46. The first-order valence-electron chi connectivity index (χ1n) is 6.26. The van der Waals surface area contributed by atoms with Crippen LogP contribution in [0.25, 0.3) is 10.9 Å². The van der Waals surface area contributed by atoms with Crippen molar-refractivity contribution in [1.82, 2.24) is 9.88 Å². The summed E-state index contributed by atoms with van der Waals surface area (Å²) in [4.78, 5) is 0. The van der Waals surface area contributed by atoms with Gasteiger partial charge in [-0.25, -0.2) is 0 Å². The minimum absolute atomic E-state index is 0.810. The number of unbranched alkanes of at least 4 members (excludes halogenated alkanes) is 1. The Balaban J connectivity index is 1.96. The van der Waals surface area contributed by atoms with Gasteiger partial charge >= 0.3 is 0 Å². The van der Waals surface area contributed by atoms with Gasteiger partial charge in [-0.15, -0.1) is 0 Å². The van der Waals surface area contributed by atoms with Crippen LogP contribution in [0, 0.1) is 0 Å². The van der Waals surface area contributed by atoms with Crippen LogP contribution in [0.2, 0.25) is 5.02 Å². The number of hydrogen-bond acceptors (Lipinski definition) is 1. The van der Waals surface area contributed by atoms with Crippen molar-refractivity contribution in [3.05, 3.63) is 35.5 Å². The Labute approximate surface area is 108 Å². The lowest BCUT2D eigenvalue weighted by Gasteiger charge is -2.06. The van der Waals surface area contributed by atoms with Crippen molar-refractivity contribution in [2.75, 3.05) is 13.1 Å². The predicted octanol–water partition coefficient (Wildman–Crippen LogP) is 3.68. The minimum Gasteiger partial charge on any atom is -0.347 e. The summed E-state index contributed by atoms with van der Waals surface area (Å²) in [6.07, 6.45) is 4.56. The van der Waals surface area contributed by atoms with Crippen LogP contribution >= 0.6 is 11.6 Å². The maximum atomic E-state index is 6.03. The molecule has 1 N–H and O–H groups in total. The van der Waals surface area contributed by atoms with Gasteiger partial charge in [0.1, 0.15) is 0 Å². The first-order valence-corrected chi connectivity index (χ1v) is 6.64. The summed E-state index contributed by atoms with van der Waals surface area (Å²) in [5, 5.41) is 5.42. The molecule has 0 saturated heterocycles. The van der Waals surface area contributed by atoms with Crippen LogP contribution < -0.4 is 5.32 Å². The van der Waals surface area contributed by atoms with Crippen LogP contribution in [-0.2, 0) is 6.54 Å². The van der Waals surface area contributed by atoms with Crippen LogP contribution in [0.1, 0.15) is 19.8 Å². The third kappa shape index (κ3) is 3.24. The Morgan fingerprint density at radius 2 is 2.12 bits per heavy atom. The fraction of sp³-hybridized carbons (Fsp3) is 0.429. The molecule has 0 atom stereocenters. The van der Waals surface area contributed by atoms with Gasteiger partial charge in [-0.2, -0.15) is 0 Å². The van der Waals surface area contributed by atoms with E-state index < -0.39 is 0 Å². The summed E-state index contributed by atoms with van der Waals surface area (Å²) in [7, 11) is 0. The minimum atomic E-state index is 0.810. The van der Waals surface area contributed by atoms with Crippen molar-refractivity contribution in [2.45, 2.75) is 26.3 Å². The molecule has 0 fully saturated rings. The van der Waals surface area contributed by atoms with Crippen molar-refractivity contribution in [2.24, 2.45) is 0 Å². The molecule has 0 saturated carbocycles. The summed E-state index contributed by atoms with van der Waals surface area (Å²) >= 11 is 6.03. The molecular formula is C14H19ClN2. The van der Waals surface area contributed by atoms with E-state index >= 15 is 0 Å². The summed E-state index contributed by atoms with van der Waals surface area (Å²) < 4.78 is 2.28. The number of hydrogen-bond donors (Lipinski definition) is 1. The zero-order valence-electron chi connectivity index (χ0n) is 10.2. The van der Waals surface area contributed by atoms with Gasteiger partial charge in [0.05, 0.1) is 0 Å². The van der Waals surface area contributed by atoms with Gasteiger partial charge in [-0.3, -0.25) is 0 Å². The molecule has 92 valence electrons. The molecule has 2 rings (SSSR count). The first-order chi connectivity index (χ1) is 8.31. The van der Waals surface area contributed by atoms with Crippen LogP contribution in [0.4, 0.5) is 0 Å². The highest BCUT2D eigenvalue weighted by Gasteiger charge is 2.01. The highest BCUT2D eigenvalue weighted by molar-refractivity contribution is 6.31. The second-order valence-electron chi connectivity index (χ2n) is 4.27. The van der Waals surface area contributed by atoms with Crippen LogP contribution in [0.5, 0.6) is 0 Å². The molecule has 0 spiro atoms. The molecule has 2 nitrogen and oxygen atoms in total. The van der Waals surface area contributed by atoms with E-state index in [2.05, 4.69) is 35.1 Å². The summed E-state index contributed by atoms with van der Waals surface area (Å²) in [5.74, 6) is 0. The molecule has 0 aliphatic heterocycles. The van der Waals surface area contributed by atoms with Crippen molar-refractivity contribution in [3.63, 3.8) is 0 Å². The van der Waals surface area contributed by atoms with E-state index in [4.69, 9.17) is 11.6 Å². The molecule has 1 aromatic carbocycles. The van der Waals surface area contributed by atoms with E-state index in [-0.39, 0.29) is 0 Å². The van der Waals surface area contributed by atoms with Crippen LogP contribution in [-0.4, -0.2) is 17.7 Å². The molecule has 0 bridgehead atoms. The van der Waals surface area contributed by atoms with Gasteiger partial charge in [0.2, 0.25) is 0 Å². The lowest BCUT2D eigenvalue weighted by molar-refractivity contribution is 0.586. The largest absolute Gasteiger partial charge is 0.347 e. The number of rotatable bonds is 6. The molecule has 3 heteroatoms. The molecule has 17 heavy (non-hydrogen) atoms. The molecule has 0 radical (unpaired) electrons. The van der Waals surface area contributed by atoms with Gasteiger partial charge in [0.15, 0.2) is 0 Å². The Morgan fingerprint density at radius 1 is 1.24 bits per heavy atom. The van der Waals surface area contributed by atoms with Gasteiger partial charge in [0.25, 0.3) is 0 Å². The SMILES string of the molecule is CCNCCCCn1ccc2ccc(Cl)cc21. The molecule has 2 aromatic rings. The number of aromatic nitrogens is 1. The number of nitrogens with zero attached hydrogens (tertiary/aromatic N) is 1. The monoisotopic (exact) mass is 250 g/mol. The summed E-state index contributed by atoms with van der Waals surface area (Å²) in [6, 6.07) is 8.21. The van der Waals surface area contributed by atoms with Gasteiger partial charge in [-0.1, -0.05) is 24.6 Å². The average Bonchev–Trinajstić information content (AvgIpc) is 2.72. The number of fused-ring (bicyclic) bond motifs is 1. The number of nitrogens with one attached hydrogen (secondary N) is 1. The highest BCUT2D eigenvalue weighted by Crippen LogP contribution is 2.20. The lowest BCUT2D eigenvalue weighted by atomic mass is 10.2. The van der Waals surface area contributed by atoms with E-state index in [1.807, 2.05) is 12.1 Å². The Bertz CT molecular complexity index is 476. The van der Waals surface area contributed by atoms with Crippen molar-refractivity contribution >= 4 is 22.5 Å². The molecule has 0 amide bonds. The smallest absolute Gasteiger partial charge is 0.0495 e. The molecule has 0 unspecified atom stereocenters. The third-order valence-corrected chi connectivity index (χ3v) is 3.22. The van der Waals surface area contributed by atoms with E-state index in [9.17, 15) is 0 Å². The van der Waals surface area contributed by atoms with Gasteiger partial charge in [0, 0.05) is 23.3 Å². The van der Waals surface area contributed by atoms with Crippen molar-refractivity contribution < 1.29 is 0 Å². The van der Waals surface area contributed by atoms with E-state index in [1.54, 1.807) is 0 Å². The maximum Gasteiger partial charge on any atom is 0.0495 e. The predicted molar refractivity (Wildman–Crippen MR) is 74.7 cm³/mol. The standard InChI is InChI=1S/C14H19ClN2/c1-2-16-8-3-4-9-17-10-7-12-5-6-13(15)11-14(12)17/h5-7,10-11,16H,2-4,8-9H2,1H3. The zero-order chi connectivity index (χ0) is 12.1. The summed E-state index contributed by atoms with van der Waals surface area (Å²) in [6.45, 7) is 5.37. The molecular weight excluding hydrogens is 232 g/mol.